The minimum absolute atomic E-state index is 0.0380. The van der Waals surface area contributed by atoms with E-state index in [1.807, 2.05) is 31.2 Å². The van der Waals surface area contributed by atoms with Crippen molar-refractivity contribution in [2.24, 2.45) is 0 Å². The Kier molecular flexibility index (Phi) is 9.44. The van der Waals surface area contributed by atoms with Crippen LogP contribution in [0.4, 0.5) is 5.69 Å². The predicted octanol–water partition coefficient (Wildman–Crippen LogP) is 5.61. The number of nitrogens with one attached hydrogen (secondary N) is 2. The van der Waals surface area contributed by atoms with Crippen LogP contribution in [0.25, 0.3) is 0 Å². The van der Waals surface area contributed by atoms with E-state index in [2.05, 4.69) is 58.7 Å². The number of aromatic nitrogens is 2. The molecule has 1 unspecified atom stereocenters. The molecule has 11 heteroatoms. The Bertz CT molecular complexity index is 1870. The van der Waals surface area contributed by atoms with E-state index in [1.165, 1.54) is 11.9 Å². The Morgan fingerprint density at radius 2 is 1.65 bits per heavy atom. The number of rotatable bonds is 11. The van der Waals surface area contributed by atoms with Gasteiger partial charge >= 0.3 is 0 Å². The molecule has 49 heavy (non-hydrogen) atoms. The summed E-state index contributed by atoms with van der Waals surface area (Å²) in [6.45, 7) is 6.23. The molecule has 11 nitrogen and oxygen atoms in total. The maximum Gasteiger partial charge on any atom is 0.255 e. The normalized spacial score (nSPS) is 18.9. The third kappa shape index (κ3) is 7.45. The number of likely N-dealkylation sites (N-methyl/N-ethyl adjacent to an activating group) is 1. The van der Waals surface area contributed by atoms with Crippen LogP contribution in [-0.4, -0.2) is 64.1 Å². The zero-order valence-electron chi connectivity index (χ0n) is 27.9. The third-order valence-corrected chi connectivity index (χ3v) is 9.28. The fourth-order valence-electron chi connectivity index (χ4n) is 6.19. The minimum Gasteiger partial charge on any atom is -0.490 e. The van der Waals surface area contributed by atoms with Crippen LogP contribution in [0.1, 0.15) is 77.1 Å². The lowest BCUT2D eigenvalue weighted by Gasteiger charge is -2.36. The van der Waals surface area contributed by atoms with Gasteiger partial charge in [-0.3, -0.25) is 29.5 Å². The molecule has 4 aromatic rings. The smallest absolute Gasteiger partial charge is 0.255 e. The molecule has 3 amide bonds. The zero-order chi connectivity index (χ0) is 34.7. The van der Waals surface area contributed by atoms with Crippen LogP contribution >= 0.6 is 0 Å². The molecule has 2 aliphatic rings. The number of nitrogens with zero attached hydrogens (tertiary/aromatic N) is 3. The van der Waals surface area contributed by atoms with Gasteiger partial charge in [0.2, 0.25) is 17.7 Å². The topological polar surface area (TPSA) is 140 Å². The summed E-state index contributed by atoms with van der Waals surface area (Å²) in [7, 11) is 1.51. The first kappa shape index (κ1) is 33.3. The largest absolute Gasteiger partial charge is 0.490 e. The third-order valence-electron chi connectivity index (χ3n) is 9.28. The number of imide groups is 1. The Balaban J connectivity index is 1.02. The summed E-state index contributed by atoms with van der Waals surface area (Å²) in [6.07, 6.45) is 5.87. The van der Waals surface area contributed by atoms with Crippen LogP contribution in [0.3, 0.4) is 0 Å². The number of anilines is 1. The van der Waals surface area contributed by atoms with E-state index in [0.717, 1.165) is 35.4 Å². The molecule has 1 saturated carbocycles. The number of hydrogen-bond donors (Lipinski definition) is 2. The highest BCUT2D eigenvalue weighted by molar-refractivity contribution is 6.06. The molecule has 2 fully saturated rings. The molecule has 2 N–H and O–H groups in total. The van der Waals surface area contributed by atoms with Gasteiger partial charge in [0.15, 0.2) is 6.29 Å². The molecule has 2 heterocycles. The molecule has 0 spiro atoms. The van der Waals surface area contributed by atoms with Crippen molar-refractivity contribution in [2.45, 2.75) is 70.1 Å². The van der Waals surface area contributed by atoms with E-state index in [-0.39, 0.29) is 47.4 Å². The summed E-state index contributed by atoms with van der Waals surface area (Å²) in [6, 6.07) is 20.5. The lowest BCUT2D eigenvalue weighted by Crippen LogP contribution is -2.53. The average molecular weight is 662 g/mol. The number of carbonyl (C=O) groups is 4. The van der Waals surface area contributed by atoms with Gasteiger partial charge < -0.3 is 19.7 Å². The van der Waals surface area contributed by atoms with Crippen molar-refractivity contribution in [3.8, 4) is 17.4 Å². The molecule has 6 rings (SSSR count). The quantitative estimate of drug-likeness (QED) is 0.155. The summed E-state index contributed by atoms with van der Waals surface area (Å²) in [5.74, 6) is 0.624. The average Bonchev–Trinajstić information content (AvgIpc) is 3.07. The molecular formula is C38H39N5O6. The van der Waals surface area contributed by atoms with Gasteiger partial charge in [-0.05, 0) is 66.9 Å². The van der Waals surface area contributed by atoms with Crippen molar-refractivity contribution >= 4 is 29.7 Å². The molecule has 1 aliphatic heterocycles. The highest BCUT2D eigenvalue weighted by Crippen LogP contribution is 2.35. The maximum absolute atomic E-state index is 13.3. The number of piperidine rings is 1. The minimum atomic E-state index is -0.779. The zero-order valence-corrected chi connectivity index (χ0v) is 27.9. The second kappa shape index (κ2) is 13.9. The van der Waals surface area contributed by atoms with E-state index >= 15 is 0 Å². The predicted molar refractivity (Wildman–Crippen MR) is 183 cm³/mol. The number of hydrogen-bond acceptors (Lipinski definition) is 9. The van der Waals surface area contributed by atoms with Gasteiger partial charge in [-0.2, -0.15) is 0 Å². The van der Waals surface area contributed by atoms with E-state index < -0.39 is 17.9 Å². The molecule has 1 aromatic heterocycles. The summed E-state index contributed by atoms with van der Waals surface area (Å²) < 4.78 is 12.1. The highest BCUT2D eigenvalue weighted by atomic mass is 16.5. The Hall–Kier alpha value is -5.58. The van der Waals surface area contributed by atoms with Gasteiger partial charge in [-0.25, -0.2) is 4.98 Å². The highest BCUT2D eigenvalue weighted by Gasteiger charge is 2.34. The fraction of sp³-hybridized carbons (Fsp3) is 0.316. The molecular weight excluding hydrogens is 622 g/mol. The molecule has 0 radical (unpaired) electrons. The molecule has 1 atom stereocenters. The number of carbonyl (C=O) groups excluding carboxylic acids is 4. The van der Waals surface area contributed by atoms with Gasteiger partial charge in [0.1, 0.15) is 23.6 Å². The fourth-order valence-corrected chi connectivity index (χ4v) is 6.19. The number of aryl methyl sites for hydroxylation is 1. The van der Waals surface area contributed by atoms with E-state index in [4.69, 9.17) is 9.47 Å². The van der Waals surface area contributed by atoms with Gasteiger partial charge in [0, 0.05) is 55.2 Å². The SMILES string of the molecule is Cc1cncc(Oc2ccc(C(C)(C)c3ccc(O[C@H]4C[C@@H](Nc5ccc(C=O)c(C(=O)N(C)C6CCC(=O)NC6=O)c5)C4)cc3)cc2)n1. The molecule has 0 bridgehead atoms. The summed E-state index contributed by atoms with van der Waals surface area (Å²) in [5, 5.41) is 5.71. The Morgan fingerprint density at radius 1 is 0.980 bits per heavy atom. The number of amides is 3. The second-order valence-corrected chi connectivity index (χ2v) is 13.1. The van der Waals surface area contributed by atoms with Crippen LogP contribution in [0, 0.1) is 6.92 Å². The Morgan fingerprint density at radius 3 is 2.29 bits per heavy atom. The van der Waals surface area contributed by atoms with Crippen molar-refractivity contribution in [3.05, 3.63) is 107 Å². The van der Waals surface area contributed by atoms with Crippen molar-refractivity contribution < 1.29 is 28.7 Å². The van der Waals surface area contributed by atoms with Crippen molar-refractivity contribution in [2.75, 3.05) is 12.4 Å². The van der Waals surface area contributed by atoms with Crippen molar-refractivity contribution in [3.63, 3.8) is 0 Å². The Labute approximate surface area is 285 Å². The number of aldehydes is 1. The standard InChI is InChI=1S/C38H39N5O6/c1-23-20-39-21-35(40-23)49-30-13-8-26(9-14-30)38(2,3)25-6-11-29(12-7-25)48-31-17-28(18-31)41-27-10-5-24(22-44)32(19-27)37(47)43(4)33-15-16-34(45)42-36(33)46/h5-14,19-22,28,31,33,41H,15-18H2,1-4H3,(H,42,45,46)/t28-,31+,33?. The van der Waals surface area contributed by atoms with E-state index in [0.29, 0.717) is 23.6 Å². The van der Waals surface area contributed by atoms with E-state index in [1.54, 1.807) is 30.6 Å². The lowest BCUT2D eigenvalue weighted by atomic mass is 9.78. The maximum atomic E-state index is 13.3. The van der Waals surface area contributed by atoms with Crippen LogP contribution in [0.2, 0.25) is 0 Å². The van der Waals surface area contributed by atoms with Crippen LogP contribution in [-0.2, 0) is 15.0 Å². The van der Waals surface area contributed by atoms with Gasteiger partial charge in [0.05, 0.1) is 17.5 Å². The number of benzene rings is 3. The first-order valence-electron chi connectivity index (χ1n) is 16.3. The molecule has 252 valence electrons. The summed E-state index contributed by atoms with van der Waals surface area (Å²) >= 11 is 0. The monoisotopic (exact) mass is 661 g/mol. The van der Waals surface area contributed by atoms with E-state index in [9.17, 15) is 19.2 Å². The molecule has 3 aromatic carbocycles. The van der Waals surface area contributed by atoms with Crippen molar-refractivity contribution in [1.29, 1.82) is 0 Å². The van der Waals surface area contributed by atoms with Gasteiger partial charge in [-0.15, -0.1) is 0 Å². The second-order valence-electron chi connectivity index (χ2n) is 13.1. The first-order valence-corrected chi connectivity index (χ1v) is 16.3. The lowest BCUT2D eigenvalue weighted by molar-refractivity contribution is -0.136. The van der Waals surface area contributed by atoms with Crippen LogP contribution < -0.4 is 20.1 Å². The first-order chi connectivity index (χ1) is 23.5. The van der Waals surface area contributed by atoms with Crippen LogP contribution in [0.15, 0.2) is 79.1 Å². The van der Waals surface area contributed by atoms with Crippen molar-refractivity contribution in [1.82, 2.24) is 20.2 Å². The molecule has 1 aliphatic carbocycles. The summed E-state index contributed by atoms with van der Waals surface area (Å²) in [4.78, 5) is 58.7. The molecule has 1 saturated heterocycles. The van der Waals surface area contributed by atoms with Crippen LogP contribution in [0.5, 0.6) is 17.4 Å². The van der Waals surface area contributed by atoms with Gasteiger partial charge in [-0.1, -0.05) is 38.1 Å². The number of ether oxygens (including phenoxy) is 2. The van der Waals surface area contributed by atoms with Gasteiger partial charge in [0.25, 0.3) is 5.91 Å². The summed E-state index contributed by atoms with van der Waals surface area (Å²) in [5.41, 5.74) is 3.97.